The third kappa shape index (κ3) is 3.23. The minimum atomic E-state index is -4.63. The second-order valence-electron chi connectivity index (χ2n) is 3.86. The molecule has 1 aromatic heterocycles. The molecule has 1 heterocycles. The van der Waals surface area contributed by atoms with Crippen molar-refractivity contribution in [3.63, 3.8) is 0 Å². The van der Waals surface area contributed by atoms with E-state index in [4.69, 9.17) is 4.74 Å². The largest absolute Gasteiger partial charge is 0.451 e. The average molecular weight is 285 g/mol. The van der Waals surface area contributed by atoms with Gasteiger partial charge in [-0.1, -0.05) is 6.07 Å². The molecule has 0 saturated carbocycles. The van der Waals surface area contributed by atoms with E-state index in [0.717, 1.165) is 12.4 Å². The summed E-state index contributed by atoms with van der Waals surface area (Å²) in [5, 5.41) is 0. The molecule has 0 fully saturated rings. The minimum absolute atomic E-state index is 0.0840. The first kappa shape index (κ1) is 14.2. The molecular weight excluding hydrogens is 276 g/mol. The molecule has 3 nitrogen and oxygen atoms in total. The van der Waals surface area contributed by atoms with Gasteiger partial charge in [0.15, 0.2) is 17.3 Å². The molecule has 0 aliphatic carbocycles. The molecule has 0 unspecified atom stereocenters. The molecule has 105 valence electrons. The molecule has 1 aromatic carbocycles. The number of nitrogens with zero attached hydrogens (tertiary/aromatic N) is 2. The first-order valence-corrected chi connectivity index (χ1v) is 5.55. The van der Waals surface area contributed by atoms with Gasteiger partial charge in [0.1, 0.15) is 0 Å². The van der Waals surface area contributed by atoms with Crippen LogP contribution in [0.3, 0.4) is 0 Å². The molecular formula is C13H9F4N2O. The van der Waals surface area contributed by atoms with Gasteiger partial charge in [0.05, 0.1) is 12.4 Å². The minimum Gasteiger partial charge on any atom is -0.451 e. The summed E-state index contributed by atoms with van der Waals surface area (Å²) in [5.74, 6) is -2.12. The summed E-state index contributed by atoms with van der Waals surface area (Å²) in [5.41, 5.74) is 0.679. The Balaban J connectivity index is 2.18. The summed E-state index contributed by atoms with van der Waals surface area (Å²) in [6, 6.07) is 4.22. The number of aromatic nitrogens is 2. The maximum atomic E-state index is 13.6. The summed E-state index contributed by atoms with van der Waals surface area (Å²) in [7, 11) is 0. The zero-order chi connectivity index (χ0) is 14.8. The van der Waals surface area contributed by atoms with Crippen LogP contribution >= 0.6 is 0 Å². The Morgan fingerprint density at radius 3 is 2.30 bits per heavy atom. The van der Waals surface area contributed by atoms with Crippen LogP contribution < -0.4 is 4.74 Å². The number of benzene rings is 1. The van der Waals surface area contributed by atoms with Crippen molar-refractivity contribution in [2.75, 3.05) is 0 Å². The van der Waals surface area contributed by atoms with Crippen molar-refractivity contribution in [1.82, 2.24) is 9.97 Å². The van der Waals surface area contributed by atoms with Gasteiger partial charge in [-0.2, -0.15) is 13.2 Å². The third-order valence-electron chi connectivity index (χ3n) is 2.39. The molecule has 0 saturated heterocycles. The van der Waals surface area contributed by atoms with Crippen LogP contribution in [0.15, 0.2) is 30.6 Å². The molecule has 2 aromatic rings. The highest BCUT2D eigenvalue weighted by Gasteiger charge is 2.34. The SMILES string of the molecule is [CH2]Cc1ccc(Oc2cnc(C(F)(F)F)nc2)c(F)c1. The van der Waals surface area contributed by atoms with Crippen molar-refractivity contribution in [3.05, 3.63) is 54.7 Å². The maximum absolute atomic E-state index is 13.6. The smallest absolute Gasteiger partial charge is 0.451 e. The highest BCUT2D eigenvalue weighted by molar-refractivity contribution is 5.33. The van der Waals surface area contributed by atoms with Crippen LogP contribution in [0.5, 0.6) is 11.5 Å². The van der Waals surface area contributed by atoms with Crippen LogP contribution in [0.25, 0.3) is 0 Å². The van der Waals surface area contributed by atoms with Crippen molar-refractivity contribution < 1.29 is 22.3 Å². The van der Waals surface area contributed by atoms with E-state index in [1.165, 1.54) is 12.1 Å². The van der Waals surface area contributed by atoms with Crippen LogP contribution in [0.4, 0.5) is 17.6 Å². The lowest BCUT2D eigenvalue weighted by molar-refractivity contribution is -0.145. The molecule has 2 rings (SSSR count). The van der Waals surface area contributed by atoms with E-state index in [1.807, 2.05) is 0 Å². The van der Waals surface area contributed by atoms with Crippen molar-refractivity contribution in [3.8, 4) is 11.5 Å². The van der Waals surface area contributed by atoms with Gasteiger partial charge in [0, 0.05) is 0 Å². The highest BCUT2D eigenvalue weighted by atomic mass is 19.4. The first-order valence-electron chi connectivity index (χ1n) is 5.55. The summed E-state index contributed by atoms with van der Waals surface area (Å²) in [6.45, 7) is 3.61. The molecule has 0 N–H and O–H groups in total. The Morgan fingerprint density at radius 2 is 1.80 bits per heavy atom. The number of rotatable bonds is 3. The van der Waals surface area contributed by atoms with E-state index in [9.17, 15) is 17.6 Å². The van der Waals surface area contributed by atoms with E-state index in [-0.39, 0.29) is 11.5 Å². The van der Waals surface area contributed by atoms with Crippen LogP contribution in [-0.4, -0.2) is 9.97 Å². The molecule has 0 atom stereocenters. The third-order valence-corrected chi connectivity index (χ3v) is 2.39. The van der Waals surface area contributed by atoms with Gasteiger partial charge in [-0.15, -0.1) is 0 Å². The van der Waals surface area contributed by atoms with Crippen molar-refractivity contribution in [2.24, 2.45) is 0 Å². The number of hydrogen-bond donors (Lipinski definition) is 0. The molecule has 0 aliphatic heterocycles. The van der Waals surface area contributed by atoms with Gasteiger partial charge in [-0.3, -0.25) is 0 Å². The fraction of sp³-hybridized carbons (Fsp3) is 0.154. The van der Waals surface area contributed by atoms with E-state index in [2.05, 4.69) is 16.9 Å². The number of hydrogen-bond acceptors (Lipinski definition) is 3. The van der Waals surface area contributed by atoms with Gasteiger partial charge in [-0.05, 0) is 31.0 Å². The molecule has 7 heteroatoms. The fourth-order valence-electron chi connectivity index (χ4n) is 1.42. The lowest BCUT2D eigenvalue weighted by atomic mass is 10.1. The lowest BCUT2D eigenvalue weighted by Crippen LogP contribution is -2.10. The summed E-state index contributed by atoms with van der Waals surface area (Å²) < 4.78 is 55.5. The van der Waals surface area contributed by atoms with Crippen LogP contribution in [0, 0.1) is 12.7 Å². The molecule has 0 spiro atoms. The van der Waals surface area contributed by atoms with Gasteiger partial charge in [-0.25, -0.2) is 14.4 Å². The van der Waals surface area contributed by atoms with Crippen molar-refractivity contribution in [2.45, 2.75) is 12.6 Å². The predicted molar refractivity (Wildman–Crippen MR) is 62.6 cm³/mol. The average Bonchev–Trinajstić information content (AvgIpc) is 2.40. The van der Waals surface area contributed by atoms with Gasteiger partial charge in [0.25, 0.3) is 0 Å². The van der Waals surface area contributed by atoms with E-state index in [1.54, 1.807) is 6.07 Å². The van der Waals surface area contributed by atoms with Crippen LogP contribution in [-0.2, 0) is 12.6 Å². The summed E-state index contributed by atoms with van der Waals surface area (Å²) in [6.07, 6.45) is -2.53. The molecule has 20 heavy (non-hydrogen) atoms. The van der Waals surface area contributed by atoms with Gasteiger partial charge >= 0.3 is 6.18 Å². The van der Waals surface area contributed by atoms with E-state index in [0.29, 0.717) is 12.0 Å². The Morgan fingerprint density at radius 1 is 1.15 bits per heavy atom. The maximum Gasteiger partial charge on any atom is 0.451 e. The Hall–Kier alpha value is -2.18. The Labute approximate surface area is 112 Å². The lowest BCUT2D eigenvalue weighted by Gasteiger charge is -2.08. The zero-order valence-corrected chi connectivity index (χ0v) is 10.1. The zero-order valence-electron chi connectivity index (χ0n) is 10.1. The molecule has 0 amide bonds. The van der Waals surface area contributed by atoms with Gasteiger partial charge in [0.2, 0.25) is 5.82 Å². The van der Waals surface area contributed by atoms with Crippen molar-refractivity contribution in [1.29, 1.82) is 0 Å². The molecule has 0 aliphatic rings. The van der Waals surface area contributed by atoms with Crippen molar-refractivity contribution >= 4 is 0 Å². The quantitative estimate of drug-likeness (QED) is 0.804. The van der Waals surface area contributed by atoms with Crippen LogP contribution in [0.1, 0.15) is 11.4 Å². The fourth-order valence-corrected chi connectivity index (χ4v) is 1.42. The normalized spacial score (nSPS) is 11.4. The molecule has 1 radical (unpaired) electrons. The number of alkyl halides is 3. The highest BCUT2D eigenvalue weighted by Crippen LogP contribution is 2.28. The molecule has 0 bridgehead atoms. The van der Waals surface area contributed by atoms with Gasteiger partial charge < -0.3 is 4.74 Å². The number of halogens is 4. The monoisotopic (exact) mass is 285 g/mol. The Bertz CT molecular complexity index is 596. The first-order chi connectivity index (χ1) is 9.40. The Kier molecular flexibility index (Phi) is 3.87. The van der Waals surface area contributed by atoms with Crippen LogP contribution in [0.2, 0.25) is 0 Å². The number of ether oxygens (including phenoxy) is 1. The second kappa shape index (κ2) is 5.44. The standard InChI is InChI=1S/C13H9F4N2O/c1-2-8-3-4-11(10(14)5-8)20-9-6-18-12(19-7-9)13(15,16)17/h3-7H,1-2H2. The summed E-state index contributed by atoms with van der Waals surface area (Å²) in [4.78, 5) is 6.23. The summed E-state index contributed by atoms with van der Waals surface area (Å²) >= 11 is 0. The predicted octanol–water partition coefficient (Wildman–Crippen LogP) is 3.80. The second-order valence-corrected chi connectivity index (χ2v) is 3.86. The van der Waals surface area contributed by atoms with E-state index < -0.39 is 17.8 Å². The topological polar surface area (TPSA) is 35.0 Å². The van der Waals surface area contributed by atoms with E-state index >= 15 is 0 Å².